The van der Waals surface area contributed by atoms with Crippen molar-refractivity contribution in [2.45, 2.75) is 116 Å². The van der Waals surface area contributed by atoms with E-state index in [1.54, 1.807) is 0 Å². The first-order valence-electron chi connectivity index (χ1n) is 10.4. The second-order valence-electron chi connectivity index (χ2n) is 11.3. The Hall–Kier alpha value is -0.410. The lowest BCUT2D eigenvalue weighted by molar-refractivity contribution is -0.482. The lowest BCUT2D eigenvalue weighted by atomic mass is 9.68. The van der Waals surface area contributed by atoms with Gasteiger partial charge in [0.25, 0.3) is 0 Å². The van der Waals surface area contributed by atoms with E-state index < -0.39 is 0 Å². The van der Waals surface area contributed by atoms with Crippen molar-refractivity contribution in [2.24, 2.45) is 22.2 Å². The summed E-state index contributed by atoms with van der Waals surface area (Å²) in [5, 5.41) is 0. The Morgan fingerprint density at radius 2 is 1.19 bits per heavy atom. The number of hydrogen-bond acceptors (Lipinski definition) is 1. The van der Waals surface area contributed by atoms with E-state index >= 15 is 0 Å². The average molecular weight is 384 g/mol. The number of nitrogens with zero attached hydrogens (tertiary/aromatic N) is 1. The summed E-state index contributed by atoms with van der Waals surface area (Å²) < 4.78 is 0. The van der Waals surface area contributed by atoms with Crippen molar-refractivity contribution >= 4 is 6.72 Å². The molecule has 2 aliphatic rings. The molecule has 164 valence electrons. The minimum atomic E-state index is 0. The minimum absolute atomic E-state index is 0. The van der Waals surface area contributed by atoms with Gasteiger partial charge in [-0.15, -0.1) is 0 Å². The average Bonchev–Trinajstić information content (AvgIpc) is 2.46. The van der Waals surface area contributed by atoms with Crippen LogP contribution in [0.4, 0.5) is 0 Å². The maximum atomic E-state index is 4.24. The molecule has 0 aromatic heterocycles. The Morgan fingerprint density at radius 3 is 1.52 bits per heavy atom. The SMILES string of the molecule is C=NC(C)(C)C1CCC(C)([NH3+])CC1.CC1(C)CCC(C(C)(C)[NH3+])CC1.[CH3-].[CH3-]. The molecule has 0 aliphatic heterocycles. The van der Waals surface area contributed by atoms with Crippen LogP contribution in [0.15, 0.2) is 4.99 Å². The summed E-state index contributed by atoms with van der Waals surface area (Å²) in [4.78, 5) is 4.22. The topological polar surface area (TPSA) is 67.6 Å². The summed E-state index contributed by atoms with van der Waals surface area (Å²) in [6, 6.07) is 0. The van der Waals surface area contributed by atoms with Crippen molar-refractivity contribution < 1.29 is 11.5 Å². The first kappa shape index (κ1) is 28.8. The van der Waals surface area contributed by atoms with Crippen LogP contribution in [0.5, 0.6) is 0 Å². The van der Waals surface area contributed by atoms with Gasteiger partial charge in [0.2, 0.25) is 0 Å². The highest BCUT2D eigenvalue weighted by Gasteiger charge is 2.37. The largest absolute Gasteiger partial charge is 0.358 e. The summed E-state index contributed by atoms with van der Waals surface area (Å²) in [6.45, 7) is 19.6. The molecule has 2 fully saturated rings. The van der Waals surface area contributed by atoms with E-state index in [0.29, 0.717) is 16.9 Å². The Balaban J connectivity index is 0. The predicted octanol–water partition coefficient (Wildman–Crippen LogP) is 4.78. The van der Waals surface area contributed by atoms with Crippen molar-refractivity contribution in [3.05, 3.63) is 14.9 Å². The highest BCUT2D eigenvalue weighted by molar-refractivity contribution is 5.25. The van der Waals surface area contributed by atoms with Crippen LogP contribution < -0.4 is 11.5 Å². The molecule has 0 aromatic carbocycles. The molecule has 0 unspecified atom stereocenters. The molecule has 0 bridgehead atoms. The third-order valence-corrected chi connectivity index (χ3v) is 7.04. The van der Waals surface area contributed by atoms with Crippen LogP contribution in [0, 0.1) is 32.1 Å². The maximum absolute atomic E-state index is 4.24. The van der Waals surface area contributed by atoms with E-state index in [0.717, 1.165) is 5.92 Å². The van der Waals surface area contributed by atoms with Gasteiger partial charge in [-0.05, 0) is 91.2 Å². The second-order valence-corrected chi connectivity index (χ2v) is 11.3. The quantitative estimate of drug-likeness (QED) is 0.520. The molecule has 0 spiro atoms. The predicted molar refractivity (Wildman–Crippen MR) is 122 cm³/mol. The zero-order valence-electron chi connectivity index (χ0n) is 20.4. The normalized spacial score (nSPS) is 28.7. The van der Waals surface area contributed by atoms with E-state index in [-0.39, 0.29) is 25.9 Å². The molecule has 3 nitrogen and oxygen atoms in total. The fourth-order valence-corrected chi connectivity index (χ4v) is 4.33. The van der Waals surface area contributed by atoms with E-state index in [1.165, 1.54) is 51.4 Å². The van der Waals surface area contributed by atoms with Gasteiger partial charge in [0.05, 0.1) is 16.6 Å². The molecule has 0 aromatic rings. The zero-order chi connectivity index (χ0) is 19.5. The van der Waals surface area contributed by atoms with Crippen molar-refractivity contribution in [1.29, 1.82) is 0 Å². The maximum Gasteiger partial charge on any atom is 0.0917 e. The molecule has 0 saturated heterocycles. The summed E-state index contributed by atoms with van der Waals surface area (Å²) in [5.41, 5.74) is 9.73. The van der Waals surface area contributed by atoms with Crippen molar-refractivity contribution in [1.82, 2.24) is 0 Å². The van der Waals surface area contributed by atoms with Crippen LogP contribution in [-0.2, 0) is 0 Å². The first-order chi connectivity index (χ1) is 11.2. The molecule has 27 heavy (non-hydrogen) atoms. The Labute approximate surface area is 172 Å². The molecular weight excluding hydrogens is 330 g/mol. The molecule has 0 amide bonds. The highest BCUT2D eigenvalue weighted by Crippen LogP contribution is 2.40. The van der Waals surface area contributed by atoms with Gasteiger partial charge in [-0.2, -0.15) is 0 Å². The molecule has 3 heteroatoms. The van der Waals surface area contributed by atoms with Crippen LogP contribution in [0.2, 0.25) is 0 Å². The minimum Gasteiger partial charge on any atom is -0.358 e. The van der Waals surface area contributed by atoms with Crippen molar-refractivity contribution in [3.63, 3.8) is 0 Å². The van der Waals surface area contributed by atoms with Gasteiger partial charge in [-0.25, -0.2) is 0 Å². The van der Waals surface area contributed by atoms with Gasteiger partial charge in [0.1, 0.15) is 0 Å². The molecule has 2 aliphatic carbocycles. The Morgan fingerprint density at radius 1 is 0.815 bits per heavy atom. The molecule has 0 radical (unpaired) electrons. The fourth-order valence-electron chi connectivity index (χ4n) is 4.33. The smallest absolute Gasteiger partial charge is 0.0917 e. The molecule has 0 heterocycles. The van der Waals surface area contributed by atoms with Crippen LogP contribution in [-0.4, -0.2) is 23.3 Å². The summed E-state index contributed by atoms with van der Waals surface area (Å²) in [5.74, 6) is 1.56. The fraction of sp³-hybridized carbons (Fsp3) is 0.875. The van der Waals surface area contributed by atoms with Gasteiger partial charge < -0.3 is 26.3 Å². The lowest BCUT2D eigenvalue weighted by Gasteiger charge is -2.38. The third kappa shape index (κ3) is 9.56. The standard InChI is InChI=1S/C11H22N2.C11H23N.2CH3/c1-10(2,13-4)9-5-7-11(3,12)8-6-9;1-10(2)7-5-9(6-8-10)11(3,4)12;;/h9H,4-8,12H2,1-3H3;9H,5-8,12H2,1-4H3;2*1H3/q;;2*-1/p+2. The molecule has 6 N–H and O–H groups in total. The lowest BCUT2D eigenvalue weighted by Crippen LogP contribution is -2.72. The van der Waals surface area contributed by atoms with Gasteiger partial charge in [-0.1, -0.05) is 13.8 Å². The van der Waals surface area contributed by atoms with Crippen LogP contribution in [0.25, 0.3) is 0 Å². The number of aliphatic imine (C=N–C) groups is 1. The van der Waals surface area contributed by atoms with E-state index in [2.05, 4.69) is 71.6 Å². The van der Waals surface area contributed by atoms with Crippen LogP contribution in [0.3, 0.4) is 0 Å². The summed E-state index contributed by atoms with van der Waals surface area (Å²) in [7, 11) is 0. The first-order valence-corrected chi connectivity index (χ1v) is 10.4. The van der Waals surface area contributed by atoms with Crippen LogP contribution in [0.1, 0.15) is 99.8 Å². The van der Waals surface area contributed by atoms with E-state index in [1.807, 2.05) is 0 Å². The van der Waals surface area contributed by atoms with Gasteiger partial charge >= 0.3 is 0 Å². The number of quaternary nitrogens is 2. The summed E-state index contributed by atoms with van der Waals surface area (Å²) in [6.07, 6.45) is 10.5. The monoisotopic (exact) mass is 383 g/mol. The molecule has 2 saturated carbocycles. The van der Waals surface area contributed by atoms with Crippen molar-refractivity contribution in [2.75, 3.05) is 0 Å². The van der Waals surface area contributed by atoms with E-state index in [4.69, 9.17) is 0 Å². The highest BCUT2D eigenvalue weighted by atomic mass is 14.8. The van der Waals surface area contributed by atoms with Gasteiger partial charge in [-0.3, -0.25) is 4.99 Å². The molecule has 0 atom stereocenters. The molecular formula is C24H53N3. The Kier molecular flexibility index (Phi) is 11.1. The number of rotatable bonds is 3. The summed E-state index contributed by atoms with van der Waals surface area (Å²) >= 11 is 0. The Bertz CT molecular complexity index is 409. The zero-order valence-corrected chi connectivity index (χ0v) is 20.4. The van der Waals surface area contributed by atoms with Gasteiger partial charge in [0.15, 0.2) is 0 Å². The third-order valence-electron chi connectivity index (χ3n) is 7.04. The van der Waals surface area contributed by atoms with Crippen LogP contribution >= 0.6 is 0 Å². The van der Waals surface area contributed by atoms with Crippen molar-refractivity contribution in [3.8, 4) is 0 Å². The van der Waals surface area contributed by atoms with E-state index in [9.17, 15) is 0 Å². The second kappa shape index (κ2) is 10.4. The molecule has 2 rings (SSSR count). The van der Waals surface area contributed by atoms with Gasteiger partial charge in [0, 0.05) is 18.8 Å². The number of hydrogen-bond donors (Lipinski definition) is 2.